The van der Waals surface area contributed by atoms with E-state index in [-0.39, 0.29) is 12.5 Å². The second kappa shape index (κ2) is 7.55. The quantitative estimate of drug-likeness (QED) is 0.675. The molecule has 72 valence electrons. The molecular weight excluding hydrogens is 222 g/mol. The smallest absolute Gasteiger partial charge is 0.230 e. The molecule has 1 atom stereocenters. The summed E-state index contributed by atoms with van der Waals surface area (Å²) in [6, 6.07) is 0. The van der Waals surface area contributed by atoms with E-state index in [2.05, 4.69) is 28.2 Å². The van der Waals surface area contributed by atoms with Gasteiger partial charge in [-0.15, -0.1) is 0 Å². The lowest BCUT2D eigenvalue weighted by Crippen LogP contribution is -2.30. The van der Waals surface area contributed by atoms with E-state index in [0.717, 1.165) is 12.8 Å². The average Bonchev–Trinajstić information content (AvgIpc) is 2.11. The molecule has 0 rings (SSSR count). The lowest BCUT2D eigenvalue weighted by molar-refractivity contribution is -0.118. The van der Waals surface area contributed by atoms with Gasteiger partial charge in [0.15, 0.2) is 0 Å². The van der Waals surface area contributed by atoms with Crippen molar-refractivity contribution < 1.29 is 9.90 Å². The molecule has 1 unspecified atom stereocenters. The van der Waals surface area contributed by atoms with Crippen molar-refractivity contribution in [1.29, 1.82) is 0 Å². The van der Waals surface area contributed by atoms with Crippen molar-refractivity contribution in [2.75, 3.05) is 18.5 Å². The van der Waals surface area contributed by atoms with E-state index in [1.54, 1.807) is 0 Å². The summed E-state index contributed by atoms with van der Waals surface area (Å²) in [7, 11) is 0. The summed E-state index contributed by atoms with van der Waals surface area (Å²) in [6.45, 7) is 2.92. The zero-order valence-corrected chi connectivity index (χ0v) is 8.93. The highest BCUT2D eigenvalue weighted by Crippen LogP contribution is 2.05. The number of hydrogen-bond acceptors (Lipinski definition) is 2. The Labute approximate surface area is 81.7 Å². The lowest BCUT2D eigenvalue weighted by atomic mass is 10.0. The number of halogens is 1. The Morgan fingerprint density at radius 1 is 1.67 bits per heavy atom. The Bertz CT molecular complexity index is 130. The second-order valence-corrected chi connectivity index (χ2v) is 3.28. The van der Waals surface area contributed by atoms with Gasteiger partial charge in [-0.1, -0.05) is 29.3 Å². The molecule has 0 aromatic carbocycles. The first kappa shape index (κ1) is 11.9. The number of aliphatic hydroxyl groups excluding tert-OH is 1. The van der Waals surface area contributed by atoms with Crippen LogP contribution in [0.25, 0.3) is 0 Å². The normalized spacial score (nSPS) is 12.6. The van der Waals surface area contributed by atoms with Gasteiger partial charge in [0.25, 0.3) is 0 Å². The number of nitrogens with one attached hydrogen (secondary N) is 1. The van der Waals surface area contributed by atoms with Gasteiger partial charge in [-0.05, 0) is 12.3 Å². The third-order valence-corrected chi connectivity index (χ3v) is 2.33. The van der Waals surface area contributed by atoms with Crippen molar-refractivity contribution in [3.8, 4) is 0 Å². The van der Waals surface area contributed by atoms with Crippen LogP contribution in [-0.2, 0) is 4.79 Å². The molecule has 0 radical (unpaired) electrons. The summed E-state index contributed by atoms with van der Waals surface area (Å²) < 4.78 is 0. The van der Waals surface area contributed by atoms with Crippen LogP contribution in [0, 0.1) is 5.92 Å². The molecule has 0 fully saturated rings. The van der Waals surface area contributed by atoms with E-state index in [1.165, 1.54) is 0 Å². The van der Waals surface area contributed by atoms with Gasteiger partial charge in [-0.25, -0.2) is 0 Å². The van der Waals surface area contributed by atoms with E-state index in [4.69, 9.17) is 5.11 Å². The molecule has 0 aliphatic rings. The third kappa shape index (κ3) is 5.55. The van der Waals surface area contributed by atoms with E-state index in [1.807, 2.05) is 0 Å². The summed E-state index contributed by atoms with van der Waals surface area (Å²) in [5.41, 5.74) is 0. The van der Waals surface area contributed by atoms with Crippen molar-refractivity contribution >= 4 is 21.8 Å². The Morgan fingerprint density at radius 2 is 2.33 bits per heavy atom. The Morgan fingerprint density at radius 3 is 2.75 bits per heavy atom. The summed E-state index contributed by atoms with van der Waals surface area (Å²) in [5, 5.41) is 11.8. The van der Waals surface area contributed by atoms with Crippen LogP contribution in [0.5, 0.6) is 0 Å². The van der Waals surface area contributed by atoms with E-state index >= 15 is 0 Å². The fourth-order valence-corrected chi connectivity index (χ4v) is 1.14. The zero-order chi connectivity index (χ0) is 9.40. The van der Waals surface area contributed by atoms with Gasteiger partial charge in [0.1, 0.15) is 0 Å². The Hall–Kier alpha value is -0.0900. The molecule has 1 amide bonds. The third-order valence-electron chi connectivity index (χ3n) is 1.82. The van der Waals surface area contributed by atoms with Crippen LogP contribution < -0.4 is 5.32 Å². The number of alkyl halides is 1. The fourth-order valence-electron chi connectivity index (χ4n) is 0.939. The summed E-state index contributed by atoms with van der Waals surface area (Å²) in [5.74, 6) is 0.407. The minimum absolute atomic E-state index is 0.00592. The van der Waals surface area contributed by atoms with Gasteiger partial charge in [-0.3, -0.25) is 4.79 Å². The second-order valence-electron chi connectivity index (χ2n) is 2.72. The fraction of sp³-hybridized carbons (Fsp3) is 0.875. The molecule has 0 saturated heterocycles. The number of hydrogen-bond donors (Lipinski definition) is 2. The van der Waals surface area contributed by atoms with Gasteiger partial charge < -0.3 is 10.4 Å². The van der Waals surface area contributed by atoms with Gasteiger partial charge >= 0.3 is 0 Å². The maximum Gasteiger partial charge on any atom is 0.230 e. The van der Waals surface area contributed by atoms with Gasteiger partial charge in [0.2, 0.25) is 5.91 Å². The predicted octanol–water partition coefficient (Wildman–Crippen LogP) is 0.906. The van der Waals surface area contributed by atoms with Crippen molar-refractivity contribution in [1.82, 2.24) is 5.32 Å². The Kier molecular flexibility index (Phi) is 7.50. The van der Waals surface area contributed by atoms with Crippen LogP contribution in [-0.4, -0.2) is 29.5 Å². The molecule has 0 aromatic heterocycles. The van der Waals surface area contributed by atoms with E-state index in [0.29, 0.717) is 17.8 Å². The highest BCUT2D eigenvalue weighted by Gasteiger charge is 2.06. The van der Waals surface area contributed by atoms with Gasteiger partial charge in [-0.2, -0.15) is 0 Å². The Balaban J connectivity index is 3.50. The summed E-state index contributed by atoms with van der Waals surface area (Å²) in [4.78, 5) is 10.8. The number of carbonyl (C=O) groups is 1. The van der Waals surface area contributed by atoms with Crippen molar-refractivity contribution in [2.45, 2.75) is 19.8 Å². The number of rotatable bonds is 6. The number of aliphatic hydroxyl groups is 1. The minimum Gasteiger partial charge on any atom is -0.396 e. The standard InChI is InChI=1S/C8H16BrNO2/c1-2-7(3-4-11)6-10-8(12)5-9/h7,11H,2-6H2,1H3,(H,10,12). The van der Waals surface area contributed by atoms with Crippen LogP contribution in [0.2, 0.25) is 0 Å². The highest BCUT2D eigenvalue weighted by molar-refractivity contribution is 9.09. The first-order chi connectivity index (χ1) is 5.74. The van der Waals surface area contributed by atoms with Crippen LogP contribution >= 0.6 is 15.9 Å². The first-order valence-electron chi connectivity index (χ1n) is 4.18. The molecular formula is C8H16BrNO2. The zero-order valence-electron chi connectivity index (χ0n) is 7.35. The molecule has 0 spiro atoms. The molecule has 0 heterocycles. The van der Waals surface area contributed by atoms with Gasteiger partial charge in [0, 0.05) is 13.2 Å². The van der Waals surface area contributed by atoms with E-state index in [9.17, 15) is 4.79 Å². The monoisotopic (exact) mass is 237 g/mol. The largest absolute Gasteiger partial charge is 0.396 e. The van der Waals surface area contributed by atoms with Crippen molar-refractivity contribution in [2.24, 2.45) is 5.92 Å². The van der Waals surface area contributed by atoms with Crippen molar-refractivity contribution in [3.05, 3.63) is 0 Å². The number of carbonyl (C=O) groups excluding carboxylic acids is 1. The topological polar surface area (TPSA) is 49.3 Å². The molecule has 0 aromatic rings. The van der Waals surface area contributed by atoms with E-state index < -0.39 is 0 Å². The first-order valence-corrected chi connectivity index (χ1v) is 5.30. The minimum atomic E-state index is 0.00592. The van der Waals surface area contributed by atoms with Crippen LogP contribution in [0.1, 0.15) is 19.8 Å². The molecule has 0 saturated carbocycles. The highest BCUT2D eigenvalue weighted by atomic mass is 79.9. The lowest BCUT2D eigenvalue weighted by Gasteiger charge is -2.13. The number of amides is 1. The molecule has 0 aliphatic carbocycles. The predicted molar refractivity (Wildman–Crippen MR) is 52.3 cm³/mol. The maximum atomic E-state index is 10.8. The summed E-state index contributed by atoms with van der Waals surface area (Å²) >= 11 is 3.06. The van der Waals surface area contributed by atoms with Gasteiger partial charge in [0.05, 0.1) is 5.33 Å². The molecule has 2 N–H and O–H groups in total. The maximum absolute atomic E-state index is 10.8. The van der Waals surface area contributed by atoms with Crippen molar-refractivity contribution in [3.63, 3.8) is 0 Å². The molecule has 0 aliphatic heterocycles. The van der Waals surface area contributed by atoms with Crippen LogP contribution in [0.3, 0.4) is 0 Å². The molecule has 3 nitrogen and oxygen atoms in total. The molecule has 0 bridgehead atoms. The summed E-state index contributed by atoms with van der Waals surface area (Å²) in [6.07, 6.45) is 1.75. The SMILES string of the molecule is CCC(CCO)CNC(=O)CBr. The molecule has 12 heavy (non-hydrogen) atoms. The van der Waals surface area contributed by atoms with Crippen LogP contribution in [0.4, 0.5) is 0 Å². The molecule has 4 heteroatoms. The van der Waals surface area contributed by atoms with Crippen LogP contribution in [0.15, 0.2) is 0 Å². The average molecular weight is 238 g/mol.